The van der Waals surface area contributed by atoms with Gasteiger partial charge in [0.15, 0.2) is 0 Å². The highest BCUT2D eigenvalue weighted by atomic mass is 35.5. The molecule has 1 N–H and O–H groups in total. The van der Waals surface area contributed by atoms with Gasteiger partial charge in [0.1, 0.15) is 0 Å². The first-order valence-electron chi connectivity index (χ1n) is 9.08. The molecule has 25 heavy (non-hydrogen) atoms. The summed E-state index contributed by atoms with van der Waals surface area (Å²) in [5.74, 6) is -0.0267. The SMILES string of the molecule is O=C(NC1CCCCCC1)c1ccc(Cl)c(N2CCCCS2(=O)=O)c1. The van der Waals surface area contributed by atoms with E-state index >= 15 is 0 Å². The van der Waals surface area contributed by atoms with Crippen molar-refractivity contribution in [1.29, 1.82) is 0 Å². The fourth-order valence-corrected chi connectivity index (χ4v) is 5.51. The second kappa shape index (κ2) is 7.96. The van der Waals surface area contributed by atoms with Crippen LogP contribution < -0.4 is 9.62 Å². The van der Waals surface area contributed by atoms with E-state index in [9.17, 15) is 13.2 Å². The Morgan fingerprint density at radius 1 is 1.08 bits per heavy atom. The largest absolute Gasteiger partial charge is 0.349 e. The van der Waals surface area contributed by atoms with E-state index in [0.717, 1.165) is 32.1 Å². The Morgan fingerprint density at radius 3 is 2.48 bits per heavy atom. The standard InChI is InChI=1S/C18H25ClN2O3S/c19-16-10-9-14(18(22)20-15-7-3-1-2-4-8-15)13-17(16)21-11-5-6-12-25(21,23)24/h9-10,13,15H,1-8,11-12H2,(H,20,22). The molecule has 1 saturated carbocycles. The Kier molecular flexibility index (Phi) is 5.89. The van der Waals surface area contributed by atoms with Crippen LogP contribution in [0, 0.1) is 0 Å². The van der Waals surface area contributed by atoms with Gasteiger partial charge in [0.05, 0.1) is 16.5 Å². The lowest BCUT2D eigenvalue weighted by Crippen LogP contribution is -2.38. The Labute approximate surface area is 154 Å². The Balaban J connectivity index is 1.79. The van der Waals surface area contributed by atoms with Crippen LogP contribution in [0.1, 0.15) is 61.7 Å². The Morgan fingerprint density at radius 2 is 1.80 bits per heavy atom. The molecule has 0 atom stereocenters. The molecule has 0 bridgehead atoms. The first-order valence-corrected chi connectivity index (χ1v) is 11.1. The fraction of sp³-hybridized carbons (Fsp3) is 0.611. The number of sulfonamides is 1. The van der Waals surface area contributed by atoms with E-state index in [-0.39, 0.29) is 17.7 Å². The van der Waals surface area contributed by atoms with Crippen molar-refractivity contribution >= 4 is 33.2 Å². The molecule has 0 aromatic heterocycles. The maximum atomic E-state index is 12.6. The van der Waals surface area contributed by atoms with Crippen molar-refractivity contribution in [2.45, 2.75) is 57.4 Å². The molecule has 1 aromatic rings. The number of hydrogen-bond donors (Lipinski definition) is 1. The Bertz CT molecular complexity index is 728. The molecular weight excluding hydrogens is 360 g/mol. The van der Waals surface area contributed by atoms with E-state index in [1.807, 2.05) is 0 Å². The minimum Gasteiger partial charge on any atom is -0.349 e. The number of benzene rings is 1. The lowest BCUT2D eigenvalue weighted by molar-refractivity contribution is 0.0933. The minimum atomic E-state index is -3.36. The predicted octanol–water partition coefficient (Wildman–Crippen LogP) is 3.72. The van der Waals surface area contributed by atoms with E-state index in [2.05, 4.69) is 5.32 Å². The normalized spacial score (nSPS) is 21.6. The van der Waals surface area contributed by atoms with E-state index in [1.54, 1.807) is 18.2 Å². The van der Waals surface area contributed by atoms with Crippen LogP contribution in [0.4, 0.5) is 5.69 Å². The number of hydrogen-bond acceptors (Lipinski definition) is 3. The highest BCUT2D eigenvalue weighted by Crippen LogP contribution is 2.31. The number of anilines is 1. The zero-order valence-corrected chi connectivity index (χ0v) is 15.9. The summed E-state index contributed by atoms with van der Waals surface area (Å²) >= 11 is 6.24. The molecule has 1 amide bonds. The van der Waals surface area contributed by atoms with Crippen molar-refractivity contribution in [2.75, 3.05) is 16.6 Å². The molecule has 7 heteroatoms. The van der Waals surface area contributed by atoms with E-state index in [1.165, 1.54) is 17.1 Å². The van der Waals surface area contributed by atoms with Gasteiger partial charge in [0.25, 0.3) is 5.91 Å². The third kappa shape index (κ3) is 4.47. The number of carbonyl (C=O) groups is 1. The second-order valence-electron chi connectivity index (χ2n) is 6.92. The molecule has 1 aromatic carbocycles. The number of halogens is 1. The molecule has 138 valence electrons. The quantitative estimate of drug-likeness (QED) is 0.807. The predicted molar refractivity (Wildman–Crippen MR) is 101 cm³/mol. The van der Waals surface area contributed by atoms with E-state index < -0.39 is 10.0 Å². The summed E-state index contributed by atoms with van der Waals surface area (Å²) in [6.45, 7) is 0.412. The van der Waals surface area contributed by atoms with Crippen LogP contribution >= 0.6 is 11.6 Å². The number of nitrogens with zero attached hydrogens (tertiary/aromatic N) is 1. The van der Waals surface area contributed by atoms with Crippen molar-refractivity contribution in [1.82, 2.24) is 5.32 Å². The van der Waals surface area contributed by atoms with Crippen molar-refractivity contribution in [3.63, 3.8) is 0 Å². The number of nitrogens with one attached hydrogen (secondary N) is 1. The van der Waals surface area contributed by atoms with Gasteiger partial charge in [-0.1, -0.05) is 37.3 Å². The van der Waals surface area contributed by atoms with Crippen LogP contribution in [0.5, 0.6) is 0 Å². The summed E-state index contributed by atoms with van der Waals surface area (Å²) in [5, 5.41) is 3.45. The monoisotopic (exact) mass is 384 g/mol. The first kappa shape index (κ1) is 18.5. The van der Waals surface area contributed by atoms with Crippen molar-refractivity contribution in [2.24, 2.45) is 0 Å². The average molecular weight is 385 g/mol. The highest BCUT2D eigenvalue weighted by Gasteiger charge is 2.28. The smallest absolute Gasteiger partial charge is 0.251 e. The third-order valence-electron chi connectivity index (χ3n) is 5.02. The van der Waals surface area contributed by atoms with E-state index in [4.69, 9.17) is 11.6 Å². The Hall–Kier alpha value is -1.27. The highest BCUT2D eigenvalue weighted by molar-refractivity contribution is 7.92. The van der Waals surface area contributed by atoms with Crippen LogP contribution in [0.25, 0.3) is 0 Å². The summed E-state index contributed by atoms with van der Waals surface area (Å²) in [7, 11) is -3.36. The van der Waals surface area contributed by atoms with Gasteiger partial charge in [-0.3, -0.25) is 9.10 Å². The van der Waals surface area contributed by atoms with Crippen LogP contribution in [0.2, 0.25) is 5.02 Å². The molecule has 0 spiro atoms. The molecule has 1 aliphatic heterocycles. The molecular formula is C18H25ClN2O3S. The summed E-state index contributed by atoms with van der Waals surface area (Å²) in [4.78, 5) is 12.6. The van der Waals surface area contributed by atoms with Gasteiger partial charge in [-0.2, -0.15) is 0 Å². The lowest BCUT2D eigenvalue weighted by atomic mass is 10.1. The van der Waals surface area contributed by atoms with Crippen LogP contribution in [-0.2, 0) is 10.0 Å². The average Bonchev–Trinajstić information content (AvgIpc) is 2.84. The van der Waals surface area contributed by atoms with Gasteiger partial charge in [0.2, 0.25) is 10.0 Å². The van der Waals surface area contributed by atoms with Crippen LogP contribution in [0.15, 0.2) is 18.2 Å². The van der Waals surface area contributed by atoms with Crippen LogP contribution in [-0.4, -0.2) is 32.7 Å². The molecule has 2 aliphatic rings. The first-order chi connectivity index (χ1) is 12.0. The molecule has 0 unspecified atom stereocenters. The van der Waals surface area contributed by atoms with Crippen LogP contribution in [0.3, 0.4) is 0 Å². The molecule has 1 saturated heterocycles. The number of carbonyl (C=O) groups excluding carboxylic acids is 1. The van der Waals surface area contributed by atoms with Crippen molar-refractivity contribution < 1.29 is 13.2 Å². The minimum absolute atomic E-state index is 0.127. The van der Waals surface area contributed by atoms with Gasteiger partial charge in [0, 0.05) is 18.2 Å². The maximum Gasteiger partial charge on any atom is 0.251 e. The lowest BCUT2D eigenvalue weighted by Gasteiger charge is -2.29. The van der Waals surface area contributed by atoms with Gasteiger partial charge in [-0.25, -0.2) is 8.42 Å². The zero-order chi connectivity index (χ0) is 17.9. The number of rotatable bonds is 3. The summed E-state index contributed by atoms with van der Waals surface area (Å²) in [6, 6.07) is 5.09. The third-order valence-corrected chi connectivity index (χ3v) is 7.19. The van der Waals surface area contributed by atoms with Gasteiger partial charge < -0.3 is 5.32 Å². The summed E-state index contributed by atoms with van der Waals surface area (Å²) in [5.41, 5.74) is 0.874. The fourth-order valence-electron chi connectivity index (χ4n) is 3.60. The zero-order valence-electron chi connectivity index (χ0n) is 14.3. The van der Waals surface area contributed by atoms with Crippen molar-refractivity contribution in [3.05, 3.63) is 28.8 Å². The summed E-state index contributed by atoms with van der Waals surface area (Å²) < 4.78 is 26.0. The van der Waals surface area contributed by atoms with Gasteiger partial charge >= 0.3 is 0 Å². The van der Waals surface area contributed by atoms with Gasteiger partial charge in [-0.05, 0) is 43.9 Å². The topological polar surface area (TPSA) is 66.5 Å². The molecule has 2 fully saturated rings. The van der Waals surface area contributed by atoms with E-state index in [0.29, 0.717) is 29.2 Å². The van der Waals surface area contributed by atoms with Gasteiger partial charge in [-0.15, -0.1) is 0 Å². The molecule has 0 radical (unpaired) electrons. The molecule has 1 heterocycles. The molecule has 3 rings (SSSR count). The van der Waals surface area contributed by atoms with Crippen molar-refractivity contribution in [3.8, 4) is 0 Å². The molecule has 5 nitrogen and oxygen atoms in total. The number of amides is 1. The second-order valence-corrected chi connectivity index (χ2v) is 9.34. The molecule has 1 aliphatic carbocycles. The maximum absolute atomic E-state index is 12.6. The summed E-state index contributed by atoms with van der Waals surface area (Å²) in [6.07, 6.45) is 8.21.